The number of alkyl halides is 4. The molecule has 1 aliphatic rings. The highest BCUT2D eigenvalue weighted by atomic mass is 79.9. The van der Waals surface area contributed by atoms with Gasteiger partial charge >= 0.3 is 0 Å². The summed E-state index contributed by atoms with van der Waals surface area (Å²) in [5, 5.41) is -0.369. The second kappa shape index (κ2) is 4.06. The first-order valence-electron chi connectivity index (χ1n) is 3.98. The zero-order chi connectivity index (χ0) is 11.3. The third-order valence-electron chi connectivity index (χ3n) is 2.78. The van der Waals surface area contributed by atoms with Crippen molar-refractivity contribution >= 4 is 71.9 Å². The van der Waals surface area contributed by atoms with Gasteiger partial charge in [-0.3, -0.25) is 4.79 Å². The van der Waals surface area contributed by atoms with E-state index in [4.69, 9.17) is 34.8 Å². The fourth-order valence-corrected chi connectivity index (χ4v) is 3.71. The monoisotopic (exact) mass is 384 g/mol. The van der Waals surface area contributed by atoms with E-state index in [1.165, 1.54) is 0 Å². The highest BCUT2D eigenvalue weighted by molar-refractivity contribution is 9.24. The van der Waals surface area contributed by atoms with E-state index in [9.17, 15) is 4.79 Å². The van der Waals surface area contributed by atoms with E-state index >= 15 is 0 Å². The van der Waals surface area contributed by atoms with Crippen molar-refractivity contribution in [3.63, 3.8) is 0 Å². The molecule has 14 heavy (non-hydrogen) atoms. The molecule has 0 aromatic rings. The van der Waals surface area contributed by atoms with Crippen LogP contribution in [0.15, 0.2) is 0 Å². The normalized spacial score (nSPS) is 30.6. The van der Waals surface area contributed by atoms with E-state index in [1.54, 1.807) is 0 Å². The summed E-state index contributed by atoms with van der Waals surface area (Å²) >= 11 is 24.3. The van der Waals surface area contributed by atoms with Gasteiger partial charge in [-0.2, -0.15) is 0 Å². The highest BCUT2D eigenvalue weighted by Gasteiger charge is 2.70. The van der Waals surface area contributed by atoms with Gasteiger partial charge in [-0.05, 0) is 17.0 Å². The third-order valence-corrected chi connectivity index (χ3v) is 6.42. The molecule has 0 aliphatic heterocycles. The van der Waals surface area contributed by atoms with Gasteiger partial charge in [0.25, 0.3) is 0 Å². The van der Waals surface area contributed by atoms with Gasteiger partial charge in [0.1, 0.15) is 8.07 Å². The van der Waals surface area contributed by atoms with E-state index in [2.05, 4.69) is 31.9 Å². The van der Waals surface area contributed by atoms with Crippen molar-refractivity contribution in [3.8, 4) is 0 Å². The van der Waals surface area contributed by atoms with E-state index < -0.39 is 4.33 Å². The summed E-state index contributed by atoms with van der Waals surface area (Å²) in [6.07, 6.45) is 0. The Hall–Kier alpha value is 1.50. The van der Waals surface area contributed by atoms with Crippen LogP contribution in [0.1, 0.15) is 13.8 Å². The van der Waals surface area contributed by atoms with Crippen LogP contribution in [0.5, 0.6) is 0 Å². The lowest BCUT2D eigenvalue weighted by Gasteiger charge is -2.22. The summed E-state index contributed by atoms with van der Waals surface area (Å²) in [5.74, 6) is -0.399. The van der Waals surface area contributed by atoms with Crippen LogP contribution in [0.4, 0.5) is 0 Å². The molecule has 1 saturated carbocycles. The van der Waals surface area contributed by atoms with Gasteiger partial charge in [-0.25, -0.2) is 0 Å². The van der Waals surface area contributed by atoms with Gasteiger partial charge in [-0.15, -0.1) is 0 Å². The smallest absolute Gasteiger partial charge is 0.225 e. The average molecular weight is 387 g/mol. The van der Waals surface area contributed by atoms with E-state index in [1.807, 2.05) is 13.8 Å². The number of hydrogen-bond acceptors (Lipinski definition) is 1. The minimum atomic E-state index is -1.03. The van der Waals surface area contributed by atoms with Crippen LogP contribution in [0.2, 0.25) is 0 Å². The number of carbonyl (C=O) groups is 1. The fraction of sp³-hybridized carbons (Fsp3) is 0.875. The predicted octanol–water partition coefficient (Wildman–Crippen LogP) is 4.31. The van der Waals surface area contributed by atoms with Gasteiger partial charge in [0.2, 0.25) is 5.24 Å². The zero-order valence-electron chi connectivity index (χ0n) is 7.53. The van der Waals surface area contributed by atoms with Crippen molar-refractivity contribution in [3.05, 3.63) is 0 Å². The summed E-state index contributed by atoms with van der Waals surface area (Å²) in [6, 6.07) is 0. The molecular weight excluding hydrogens is 378 g/mol. The molecule has 0 heterocycles. The van der Waals surface area contributed by atoms with Crippen LogP contribution in [-0.2, 0) is 4.79 Å². The molecule has 0 N–H and O–H groups in total. The van der Waals surface area contributed by atoms with Crippen molar-refractivity contribution < 1.29 is 4.79 Å². The largest absolute Gasteiger partial charge is 0.281 e. The van der Waals surface area contributed by atoms with Crippen molar-refractivity contribution in [2.24, 2.45) is 17.3 Å². The predicted molar refractivity (Wildman–Crippen MR) is 67.7 cm³/mol. The van der Waals surface area contributed by atoms with Crippen LogP contribution in [0.25, 0.3) is 0 Å². The fourth-order valence-electron chi connectivity index (χ4n) is 1.92. The van der Waals surface area contributed by atoms with Crippen LogP contribution in [0.3, 0.4) is 0 Å². The van der Waals surface area contributed by atoms with Gasteiger partial charge in [-0.1, -0.05) is 68.9 Å². The number of halogens is 5. The molecule has 1 nitrogen and oxygen atoms in total. The number of rotatable bonds is 3. The maximum Gasteiger partial charge on any atom is 0.225 e. The zero-order valence-corrected chi connectivity index (χ0v) is 13.0. The second-order valence-electron chi connectivity index (χ2n) is 4.06. The first kappa shape index (κ1) is 13.6. The molecule has 0 amide bonds. The lowest BCUT2D eigenvalue weighted by Crippen LogP contribution is -2.27. The Kier molecular flexibility index (Phi) is 3.94. The van der Waals surface area contributed by atoms with Crippen molar-refractivity contribution in [1.29, 1.82) is 0 Å². The van der Waals surface area contributed by atoms with Crippen LogP contribution >= 0.6 is 66.7 Å². The molecule has 1 fully saturated rings. The first-order chi connectivity index (χ1) is 6.13. The Labute approximate surface area is 115 Å². The topological polar surface area (TPSA) is 17.1 Å². The molecular formula is C8H9Br2Cl3O. The van der Waals surface area contributed by atoms with Crippen molar-refractivity contribution in [2.75, 3.05) is 0 Å². The summed E-state index contributed by atoms with van der Waals surface area (Å²) in [5.41, 5.74) is -0.234. The third kappa shape index (κ3) is 2.13. The standard InChI is InChI=1S/C8H9Br2Cl3O/c1-7(2)3(5(11)14)4(7)8(12,13)6(9)10/h3-4,6H,1-2H3. The van der Waals surface area contributed by atoms with Gasteiger partial charge in [0, 0.05) is 11.8 Å². The highest BCUT2D eigenvalue weighted by Crippen LogP contribution is 2.68. The Morgan fingerprint density at radius 1 is 1.43 bits per heavy atom. The summed E-state index contributed by atoms with van der Waals surface area (Å²) in [4.78, 5) is 11.1. The Morgan fingerprint density at radius 3 is 2.07 bits per heavy atom. The summed E-state index contributed by atoms with van der Waals surface area (Å²) < 4.78 is -1.30. The minimum absolute atomic E-state index is 0.132. The lowest BCUT2D eigenvalue weighted by atomic mass is 10.1. The van der Waals surface area contributed by atoms with E-state index in [0.29, 0.717) is 0 Å². The molecule has 0 spiro atoms. The maximum atomic E-state index is 11.1. The van der Waals surface area contributed by atoms with E-state index in [-0.39, 0.29) is 26.2 Å². The van der Waals surface area contributed by atoms with E-state index in [0.717, 1.165) is 0 Å². The number of carbonyl (C=O) groups excluding carboxylic acids is 1. The molecule has 2 atom stereocenters. The van der Waals surface area contributed by atoms with Crippen molar-refractivity contribution in [2.45, 2.75) is 21.9 Å². The first-order valence-corrected chi connectivity index (χ1v) is 6.95. The number of hydrogen-bond donors (Lipinski definition) is 0. The molecule has 6 heteroatoms. The average Bonchev–Trinajstić information content (AvgIpc) is 2.53. The summed E-state index contributed by atoms with van der Waals surface area (Å²) in [6.45, 7) is 3.87. The molecule has 2 unspecified atom stereocenters. The SMILES string of the molecule is CC1(C)C(C(=O)Cl)C1C(Cl)(Cl)C(Br)Br. The molecule has 82 valence electrons. The van der Waals surface area contributed by atoms with Gasteiger partial charge < -0.3 is 0 Å². The summed E-state index contributed by atoms with van der Waals surface area (Å²) in [7, 11) is 0. The van der Waals surface area contributed by atoms with Gasteiger partial charge in [0.15, 0.2) is 0 Å². The second-order valence-corrected chi connectivity index (χ2v) is 8.93. The van der Waals surface area contributed by atoms with Crippen LogP contribution in [-0.4, -0.2) is 13.3 Å². The molecule has 0 bridgehead atoms. The Balaban J connectivity index is 2.88. The van der Waals surface area contributed by atoms with Crippen LogP contribution in [0, 0.1) is 17.3 Å². The Morgan fingerprint density at radius 2 is 1.86 bits per heavy atom. The minimum Gasteiger partial charge on any atom is -0.281 e. The Bertz CT molecular complexity index is 265. The molecule has 0 aromatic heterocycles. The van der Waals surface area contributed by atoms with Gasteiger partial charge in [0.05, 0.1) is 0 Å². The molecule has 0 radical (unpaired) electrons. The van der Waals surface area contributed by atoms with Crippen molar-refractivity contribution in [1.82, 2.24) is 0 Å². The quantitative estimate of drug-likeness (QED) is 0.521. The molecule has 0 aromatic carbocycles. The molecule has 1 rings (SSSR count). The maximum absolute atomic E-state index is 11.1. The molecule has 1 aliphatic carbocycles. The lowest BCUT2D eigenvalue weighted by molar-refractivity contribution is -0.113. The van der Waals surface area contributed by atoms with Crippen LogP contribution < -0.4 is 0 Å². The molecule has 0 saturated heterocycles.